The molecule has 1 aromatic heterocycles. The first-order valence-electron chi connectivity index (χ1n) is 8.95. The van der Waals surface area contributed by atoms with Crippen molar-refractivity contribution in [2.45, 2.75) is 0 Å². The number of aromatic nitrogens is 2. The minimum atomic E-state index is 0. The number of halogens is 1. The lowest BCUT2D eigenvalue weighted by Gasteiger charge is -2.13. The number of para-hydroxylation sites is 1. The van der Waals surface area contributed by atoms with Crippen molar-refractivity contribution < 1.29 is 12.4 Å². The highest BCUT2D eigenvalue weighted by Crippen LogP contribution is 2.30. The van der Waals surface area contributed by atoms with Crippen LogP contribution in [0.5, 0.6) is 0 Å². The molecule has 3 nitrogen and oxygen atoms in total. The fourth-order valence-electron chi connectivity index (χ4n) is 3.35. The van der Waals surface area contributed by atoms with E-state index in [0.717, 1.165) is 33.8 Å². The number of rotatable bonds is 3. The first kappa shape index (κ1) is 18.0. The average molecular weight is 383 g/mol. The Morgan fingerprint density at radius 1 is 0.571 bits per heavy atom. The van der Waals surface area contributed by atoms with Crippen molar-refractivity contribution in [1.29, 1.82) is 0 Å². The van der Waals surface area contributed by atoms with Gasteiger partial charge in [0.1, 0.15) is 5.82 Å². The molecule has 4 heteroatoms. The number of nitrogens with one attached hydrogen (secondary N) is 1. The van der Waals surface area contributed by atoms with Gasteiger partial charge in [0, 0.05) is 22.0 Å². The van der Waals surface area contributed by atoms with E-state index in [9.17, 15) is 0 Å². The molecular formula is C24H17ClN3-. The van der Waals surface area contributed by atoms with Gasteiger partial charge < -0.3 is 17.7 Å². The van der Waals surface area contributed by atoms with Crippen LogP contribution in [0.1, 0.15) is 0 Å². The number of nitrogens with zero attached hydrogens (tertiary/aromatic N) is 2. The molecule has 5 aromatic rings. The van der Waals surface area contributed by atoms with Crippen molar-refractivity contribution in [2.24, 2.45) is 0 Å². The van der Waals surface area contributed by atoms with Crippen molar-refractivity contribution >= 4 is 33.2 Å². The first-order valence-corrected chi connectivity index (χ1v) is 8.95. The van der Waals surface area contributed by atoms with Gasteiger partial charge in [0.15, 0.2) is 5.82 Å². The highest BCUT2D eigenvalue weighted by atomic mass is 35.5. The molecule has 0 saturated carbocycles. The smallest absolute Gasteiger partial charge is 0.162 e. The predicted octanol–water partition coefficient (Wildman–Crippen LogP) is 3.20. The topological polar surface area (TPSA) is 37.8 Å². The summed E-state index contributed by atoms with van der Waals surface area (Å²) in [6.07, 6.45) is 0. The van der Waals surface area contributed by atoms with Crippen LogP contribution in [0.4, 0.5) is 11.5 Å². The second-order valence-corrected chi connectivity index (χ2v) is 6.43. The molecule has 5 rings (SSSR count). The zero-order valence-corrected chi connectivity index (χ0v) is 15.8. The van der Waals surface area contributed by atoms with Crippen LogP contribution in [-0.4, -0.2) is 9.97 Å². The van der Waals surface area contributed by atoms with Crippen molar-refractivity contribution in [1.82, 2.24) is 9.97 Å². The van der Waals surface area contributed by atoms with Crippen LogP contribution in [0.3, 0.4) is 0 Å². The van der Waals surface area contributed by atoms with Crippen LogP contribution in [0, 0.1) is 0 Å². The summed E-state index contributed by atoms with van der Waals surface area (Å²) in [4.78, 5) is 9.61. The van der Waals surface area contributed by atoms with Crippen LogP contribution < -0.4 is 17.7 Å². The van der Waals surface area contributed by atoms with Gasteiger partial charge in [-0.3, -0.25) is 0 Å². The quantitative estimate of drug-likeness (QED) is 0.520. The third-order valence-corrected chi connectivity index (χ3v) is 4.68. The molecule has 0 fully saturated rings. The van der Waals surface area contributed by atoms with Gasteiger partial charge in [0.05, 0.1) is 5.52 Å². The van der Waals surface area contributed by atoms with Crippen molar-refractivity contribution in [3.63, 3.8) is 0 Å². The molecule has 136 valence electrons. The molecule has 1 N–H and O–H groups in total. The van der Waals surface area contributed by atoms with Gasteiger partial charge >= 0.3 is 0 Å². The molecule has 0 radical (unpaired) electrons. The fourth-order valence-corrected chi connectivity index (χ4v) is 3.35. The summed E-state index contributed by atoms with van der Waals surface area (Å²) in [5, 5.41) is 6.92. The Morgan fingerprint density at radius 3 is 2.11 bits per heavy atom. The predicted molar refractivity (Wildman–Crippen MR) is 112 cm³/mol. The molecular weight excluding hydrogens is 366 g/mol. The van der Waals surface area contributed by atoms with Crippen molar-refractivity contribution in [2.75, 3.05) is 5.32 Å². The molecule has 0 aliphatic carbocycles. The highest BCUT2D eigenvalue weighted by Gasteiger charge is 2.10. The first-order chi connectivity index (χ1) is 13.4. The monoisotopic (exact) mass is 382 g/mol. The second kappa shape index (κ2) is 7.67. The Morgan fingerprint density at radius 2 is 1.25 bits per heavy atom. The summed E-state index contributed by atoms with van der Waals surface area (Å²) < 4.78 is 0. The summed E-state index contributed by atoms with van der Waals surface area (Å²) in [6.45, 7) is 0. The summed E-state index contributed by atoms with van der Waals surface area (Å²) in [5.41, 5.74) is 2.97. The fraction of sp³-hybridized carbons (Fsp3) is 0. The van der Waals surface area contributed by atoms with Gasteiger partial charge in [0.25, 0.3) is 0 Å². The minimum Gasteiger partial charge on any atom is -1.00 e. The average Bonchev–Trinajstić information content (AvgIpc) is 2.74. The third-order valence-electron chi connectivity index (χ3n) is 4.68. The Hall–Kier alpha value is -3.43. The van der Waals surface area contributed by atoms with Crippen LogP contribution in [0.25, 0.3) is 33.1 Å². The molecule has 1 heterocycles. The third kappa shape index (κ3) is 3.28. The molecule has 0 amide bonds. The molecule has 0 aliphatic rings. The Bertz CT molecular complexity index is 1250. The molecule has 0 saturated heterocycles. The van der Waals surface area contributed by atoms with Crippen LogP contribution >= 0.6 is 0 Å². The van der Waals surface area contributed by atoms with Crippen molar-refractivity contribution in [3.05, 3.63) is 97.1 Å². The molecule has 0 aliphatic heterocycles. The Labute approximate surface area is 169 Å². The molecule has 0 unspecified atom stereocenters. The number of hydrogen-bond donors (Lipinski definition) is 1. The van der Waals surface area contributed by atoms with E-state index in [1.165, 1.54) is 10.8 Å². The van der Waals surface area contributed by atoms with Gasteiger partial charge in [-0.25, -0.2) is 9.97 Å². The van der Waals surface area contributed by atoms with Crippen molar-refractivity contribution in [3.8, 4) is 11.4 Å². The van der Waals surface area contributed by atoms with E-state index in [-0.39, 0.29) is 12.4 Å². The van der Waals surface area contributed by atoms with Gasteiger partial charge in [-0.15, -0.1) is 0 Å². The summed E-state index contributed by atoms with van der Waals surface area (Å²) in [5.74, 6) is 1.54. The standard InChI is InChI=1S/C24H17N3.ClH/c1-2-10-18(11-3-1)23-25-22-15-7-6-14-20(22)24(27-23)26-21-16-8-12-17-9-4-5-13-19(17)21;/h1-16H,(H,25,26,27);1H/p-1. The minimum absolute atomic E-state index is 0. The highest BCUT2D eigenvalue weighted by molar-refractivity contribution is 5.99. The van der Waals surface area contributed by atoms with Gasteiger partial charge in [0.2, 0.25) is 0 Å². The lowest BCUT2D eigenvalue weighted by Crippen LogP contribution is -3.00. The van der Waals surface area contributed by atoms with E-state index >= 15 is 0 Å². The molecule has 0 atom stereocenters. The summed E-state index contributed by atoms with van der Waals surface area (Å²) >= 11 is 0. The zero-order valence-electron chi connectivity index (χ0n) is 15.0. The zero-order chi connectivity index (χ0) is 18.1. The maximum absolute atomic E-state index is 4.85. The normalized spacial score (nSPS) is 10.6. The SMILES string of the molecule is [Cl-].c1ccc(-c2nc(Nc3cccc4ccccc34)c3ccccc3n2)cc1. The van der Waals surface area contributed by atoms with Gasteiger partial charge in [-0.1, -0.05) is 78.9 Å². The van der Waals surface area contributed by atoms with Crippen LogP contribution in [-0.2, 0) is 0 Å². The van der Waals surface area contributed by atoms with Gasteiger partial charge in [-0.05, 0) is 23.6 Å². The van der Waals surface area contributed by atoms with Crippen LogP contribution in [0.2, 0.25) is 0 Å². The maximum Gasteiger partial charge on any atom is 0.162 e. The lowest BCUT2D eigenvalue weighted by molar-refractivity contribution is -0.00000528. The Kier molecular flexibility index (Phi) is 4.92. The molecule has 0 spiro atoms. The number of benzene rings is 4. The number of fused-ring (bicyclic) bond motifs is 2. The maximum atomic E-state index is 4.85. The lowest BCUT2D eigenvalue weighted by atomic mass is 10.1. The van der Waals surface area contributed by atoms with E-state index in [4.69, 9.17) is 9.97 Å². The molecule has 28 heavy (non-hydrogen) atoms. The second-order valence-electron chi connectivity index (χ2n) is 6.43. The molecule has 4 aromatic carbocycles. The summed E-state index contributed by atoms with van der Waals surface area (Å²) in [6, 6.07) is 32.8. The van der Waals surface area contributed by atoms with E-state index in [2.05, 4.69) is 53.8 Å². The van der Waals surface area contributed by atoms with E-state index < -0.39 is 0 Å². The van der Waals surface area contributed by atoms with E-state index in [0.29, 0.717) is 0 Å². The van der Waals surface area contributed by atoms with Gasteiger partial charge in [-0.2, -0.15) is 0 Å². The van der Waals surface area contributed by atoms with E-state index in [1.54, 1.807) is 0 Å². The Balaban J connectivity index is 0.00000192. The van der Waals surface area contributed by atoms with E-state index in [1.807, 2.05) is 48.5 Å². The number of anilines is 2. The largest absolute Gasteiger partial charge is 1.00 e. The van der Waals surface area contributed by atoms with Crippen LogP contribution in [0.15, 0.2) is 97.1 Å². The summed E-state index contributed by atoms with van der Waals surface area (Å²) in [7, 11) is 0. The molecule has 0 bridgehead atoms. The number of hydrogen-bond acceptors (Lipinski definition) is 3.